The summed E-state index contributed by atoms with van der Waals surface area (Å²) in [5.41, 5.74) is 1.59. The van der Waals surface area contributed by atoms with Crippen molar-refractivity contribution in [2.45, 2.75) is 13.8 Å². The Morgan fingerprint density at radius 1 is 1.13 bits per heavy atom. The van der Waals surface area contributed by atoms with E-state index in [0.717, 1.165) is 21.5 Å². The first kappa shape index (κ1) is 22.2. The van der Waals surface area contributed by atoms with Crippen molar-refractivity contribution in [3.63, 3.8) is 0 Å². The summed E-state index contributed by atoms with van der Waals surface area (Å²) in [6, 6.07) is 11.2. The first-order valence-electron chi connectivity index (χ1n) is 9.45. The van der Waals surface area contributed by atoms with Crippen molar-refractivity contribution in [2.24, 2.45) is 4.99 Å². The number of carbonyl (C=O) groups is 1. The molecule has 30 heavy (non-hydrogen) atoms. The van der Waals surface area contributed by atoms with Gasteiger partial charge in [-0.05, 0) is 89.6 Å². The summed E-state index contributed by atoms with van der Waals surface area (Å²) in [7, 11) is 3.21. The first-order valence-corrected chi connectivity index (χ1v) is 11.1. The average Bonchev–Trinajstić information content (AvgIpc) is 3.04. The molecule has 158 valence electrons. The summed E-state index contributed by atoms with van der Waals surface area (Å²) in [4.78, 5) is 19.8. The van der Waals surface area contributed by atoms with Gasteiger partial charge in [0.25, 0.3) is 5.91 Å². The van der Waals surface area contributed by atoms with Gasteiger partial charge in [-0.15, -0.1) is 0 Å². The molecule has 6 nitrogen and oxygen atoms in total. The van der Waals surface area contributed by atoms with E-state index >= 15 is 0 Å². The summed E-state index contributed by atoms with van der Waals surface area (Å²) in [5, 5.41) is 0.649. The fraction of sp³-hybridized carbons (Fsp3) is 0.273. The van der Waals surface area contributed by atoms with Crippen LogP contribution in [0.2, 0.25) is 0 Å². The zero-order valence-electron chi connectivity index (χ0n) is 17.3. The summed E-state index contributed by atoms with van der Waals surface area (Å²) >= 11 is 4.88. The lowest BCUT2D eigenvalue weighted by Crippen LogP contribution is -2.28. The number of benzene rings is 2. The molecule has 0 N–H and O–H groups in total. The number of likely N-dealkylation sites (N-methyl/N-ethyl adjacent to an activating group) is 1. The molecule has 1 fully saturated rings. The molecule has 1 heterocycles. The number of methoxy groups -OCH3 is 2. The van der Waals surface area contributed by atoms with Gasteiger partial charge in [-0.3, -0.25) is 9.69 Å². The molecule has 1 saturated heterocycles. The Labute approximate surface area is 189 Å². The predicted octanol–water partition coefficient (Wildman–Crippen LogP) is 5.49. The Morgan fingerprint density at radius 3 is 2.47 bits per heavy atom. The van der Waals surface area contributed by atoms with Gasteiger partial charge in [0, 0.05) is 6.54 Å². The van der Waals surface area contributed by atoms with Crippen LogP contribution in [0.1, 0.15) is 19.4 Å². The molecule has 1 aliphatic rings. The Morgan fingerprint density at radius 2 is 1.87 bits per heavy atom. The Kier molecular flexibility index (Phi) is 7.44. The Balaban J connectivity index is 1.93. The lowest BCUT2D eigenvalue weighted by molar-refractivity contribution is -0.122. The molecule has 0 bridgehead atoms. The van der Waals surface area contributed by atoms with Crippen LogP contribution >= 0.6 is 27.7 Å². The molecule has 0 spiro atoms. The van der Waals surface area contributed by atoms with E-state index in [1.807, 2.05) is 56.3 Å². The maximum absolute atomic E-state index is 12.9. The van der Waals surface area contributed by atoms with Crippen LogP contribution in [0.4, 0.5) is 5.69 Å². The zero-order valence-corrected chi connectivity index (χ0v) is 19.7. The molecule has 0 saturated carbocycles. The van der Waals surface area contributed by atoms with E-state index in [1.54, 1.807) is 19.1 Å². The molecule has 2 aromatic rings. The minimum absolute atomic E-state index is 0.0706. The van der Waals surface area contributed by atoms with E-state index in [0.29, 0.717) is 34.7 Å². The van der Waals surface area contributed by atoms with Gasteiger partial charge in [-0.25, -0.2) is 4.99 Å². The van der Waals surface area contributed by atoms with E-state index in [4.69, 9.17) is 14.2 Å². The molecule has 8 heteroatoms. The van der Waals surface area contributed by atoms with Crippen LogP contribution in [0.15, 0.2) is 50.8 Å². The Bertz CT molecular complexity index is 989. The molecule has 0 unspecified atom stereocenters. The highest BCUT2D eigenvalue weighted by Gasteiger charge is 2.32. The normalized spacial score (nSPS) is 16.4. The number of carbonyl (C=O) groups excluding carboxylic acids is 1. The number of amides is 1. The van der Waals surface area contributed by atoms with Gasteiger partial charge < -0.3 is 14.2 Å². The third kappa shape index (κ3) is 4.82. The van der Waals surface area contributed by atoms with Crippen molar-refractivity contribution in [1.82, 2.24) is 4.90 Å². The average molecular weight is 491 g/mol. The molecule has 0 aromatic heterocycles. The SMILES string of the molecule is CCOc1c(Br)cc(/C=C2/SC(=Nc3ccc(OC)cc3)N(CC)C2=O)cc1OC. The highest BCUT2D eigenvalue weighted by atomic mass is 79.9. The molecule has 0 aliphatic carbocycles. The van der Waals surface area contributed by atoms with E-state index in [-0.39, 0.29) is 5.91 Å². The molecular weight excluding hydrogens is 468 g/mol. The van der Waals surface area contributed by atoms with Crippen molar-refractivity contribution < 1.29 is 19.0 Å². The van der Waals surface area contributed by atoms with Crippen molar-refractivity contribution in [2.75, 3.05) is 27.4 Å². The monoisotopic (exact) mass is 490 g/mol. The van der Waals surface area contributed by atoms with Gasteiger partial charge in [0.1, 0.15) is 5.75 Å². The largest absolute Gasteiger partial charge is 0.497 e. The number of hydrogen-bond donors (Lipinski definition) is 0. The van der Waals surface area contributed by atoms with Gasteiger partial charge in [-0.2, -0.15) is 0 Å². The van der Waals surface area contributed by atoms with E-state index < -0.39 is 0 Å². The number of halogens is 1. The van der Waals surface area contributed by atoms with Crippen molar-refractivity contribution in [3.05, 3.63) is 51.3 Å². The molecule has 1 aliphatic heterocycles. The van der Waals surface area contributed by atoms with Crippen LogP contribution < -0.4 is 14.2 Å². The van der Waals surface area contributed by atoms with Crippen LogP contribution in [0.3, 0.4) is 0 Å². The number of rotatable bonds is 7. The highest BCUT2D eigenvalue weighted by Crippen LogP contribution is 2.39. The fourth-order valence-electron chi connectivity index (χ4n) is 2.90. The smallest absolute Gasteiger partial charge is 0.266 e. The lowest BCUT2D eigenvalue weighted by atomic mass is 10.2. The molecule has 2 aromatic carbocycles. The quantitative estimate of drug-likeness (QED) is 0.480. The van der Waals surface area contributed by atoms with Crippen LogP contribution in [0, 0.1) is 0 Å². The summed E-state index contributed by atoms with van der Waals surface area (Å²) in [6.45, 7) is 4.91. The third-order valence-electron chi connectivity index (χ3n) is 4.34. The number of thioether (sulfide) groups is 1. The van der Waals surface area contributed by atoms with Crippen LogP contribution in [0.5, 0.6) is 17.2 Å². The molecular formula is C22H23BrN2O4S. The van der Waals surface area contributed by atoms with Crippen molar-refractivity contribution >= 4 is 50.5 Å². The molecule has 0 radical (unpaired) electrons. The van der Waals surface area contributed by atoms with Gasteiger partial charge in [-0.1, -0.05) is 0 Å². The number of aliphatic imine (C=N–C) groups is 1. The van der Waals surface area contributed by atoms with Crippen molar-refractivity contribution in [3.8, 4) is 17.2 Å². The van der Waals surface area contributed by atoms with Gasteiger partial charge in [0.2, 0.25) is 0 Å². The topological polar surface area (TPSA) is 60.4 Å². The van der Waals surface area contributed by atoms with Crippen molar-refractivity contribution in [1.29, 1.82) is 0 Å². The number of amidine groups is 1. The number of hydrogen-bond acceptors (Lipinski definition) is 6. The van der Waals surface area contributed by atoms with Crippen LogP contribution in [-0.4, -0.2) is 43.3 Å². The third-order valence-corrected chi connectivity index (χ3v) is 5.94. The molecule has 0 atom stereocenters. The maximum Gasteiger partial charge on any atom is 0.266 e. The second-order valence-corrected chi connectivity index (χ2v) is 8.08. The number of ether oxygens (including phenoxy) is 3. The maximum atomic E-state index is 12.9. The van der Waals surface area contributed by atoms with Crippen LogP contribution in [-0.2, 0) is 4.79 Å². The standard InChI is InChI=1S/C22H23BrN2O4S/c1-5-25-21(26)19(30-22(25)24-15-7-9-16(27-3)10-8-15)13-14-11-17(23)20(29-6-2)18(12-14)28-4/h7-13H,5-6H2,1-4H3/b19-13+,24-22?. The van der Waals surface area contributed by atoms with E-state index in [1.165, 1.54) is 11.8 Å². The summed E-state index contributed by atoms with van der Waals surface area (Å²) in [5.74, 6) is 1.94. The first-order chi connectivity index (χ1) is 14.5. The lowest BCUT2D eigenvalue weighted by Gasteiger charge is -2.12. The van der Waals surface area contributed by atoms with E-state index in [2.05, 4.69) is 20.9 Å². The molecule has 3 rings (SSSR count). The Hall–Kier alpha value is -2.45. The molecule has 1 amide bonds. The second-order valence-electron chi connectivity index (χ2n) is 6.22. The van der Waals surface area contributed by atoms with Gasteiger partial charge in [0.15, 0.2) is 16.7 Å². The zero-order chi connectivity index (χ0) is 21.7. The fourth-order valence-corrected chi connectivity index (χ4v) is 4.53. The van der Waals surface area contributed by atoms with Crippen LogP contribution in [0.25, 0.3) is 6.08 Å². The summed E-state index contributed by atoms with van der Waals surface area (Å²) < 4.78 is 17.0. The second kappa shape index (κ2) is 10.0. The van der Waals surface area contributed by atoms with E-state index in [9.17, 15) is 4.79 Å². The summed E-state index contributed by atoms with van der Waals surface area (Å²) in [6.07, 6.45) is 1.84. The minimum Gasteiger partial charge on any atom is -0.497 e. The van der Waals surface area contributed by atoms with Gasteiger partial charge in [0.05, 0.1) is 35.9 Å². The highest BCUT2D eigenvalue weighted by molar-refractivity contribution is 9.10. The predicted molar refractivity (Wildman–Crippen MR) is 125 cm³/mol. The minimum atomic E-state index is -0.0706. The van der Waals surface area contributed by atoms with Gasteiger partial charge >= 0.3 is 0 Å². The number of nitrogens with zero attached hydrogens (tertiary/aromatic N) is 2.